The lowest BCUT2D eigenvalue weighted by molar-refractivity contribution is 0.0947. The first-order valence-electron chi connectivity index (χ1n) is 5.30. The van der Waals surface area contributed by atoms with E-state index >= 15 is 0 Å². The number of hydrogen-bond donors (Lipinski definition) is 2. The highest BCUT2D eigenvalue weighted by Crippen LogP contribution is 2.31. The summed E-state index contributed by atoms with van der Waals surface area (Å²) >= 11 is 0. The number of fused-ring (bicyclic) bond motifs is 3. The van der Waals surface area contributed by atoms with Crippen LogP contribution in [0, 0.1) is 5.92 Å². The second kappa shape index (κ2) is 3.31. The van der Waals surface area contributed by atoms with Gasteiger partial charge in [-0.3, -0.25) is 9.78 Å². The highest BCUT2D eigenvalue weighted by molar-refractivity contribution is 5.94. The monoisotopic (exact) mass is 203 g/mol. The summed E-state index contributed by atoms with van der Waals surface area (Å²) in [6.45, 7) is 2.70. The summed E-state index contributed by atoms with van der Waals surface area (Å²) in [5.74, 6) is 0.923. The van der Waals surface area contributed by atoms with Crippen molar-refractivity contribution in [1.29, 1.82) is 0 Å². The lowest BCUT2D eigenvalue weighted by Gasteiger charge is -2.15. The molecule has 2 atom stereocenters. The number of pyridine rings is 1. The van der Waals surface area contributed by atoms with Crippen LogP contribution in [0.1, 0.15) is 22.0 Å². The molecule has 1 aromatic rings. The number of hydrogen-bond acceptors (Lipinski definition) is 3. The average molecular weight is 203 g/mol. The summed E-state index contributed by atoms with van der Waals surface area (Å²) in [5.41, 5.74) is 1.70. The van der Waals surface area contributed by atoms with Crippen molar-refractivity contribution in [2.45, 2.75) is 5.92 Å². The van der Waals surface area contributed by atoms with E-state index < -0.39 is 0 Å². The van der Waals surface area contributed by atoms with E-state index in [0.29, 0.717) is 17.5 Å². The van der Waals surface area contributed by atoms with Gasteiger partial charge in [-0.15, -0.1) is 0 Å². The number of nitrogens with one attached hydrogen (secondary N) is 2. The highest BCUT2D eigenvalue weighted by atomic mass is 16.1. The zero-order valence-electron chi connectivity index (χ0n) is 8.36. The number of carbonyl (C=O) groups is 1. The highest BCUT2D eigenvalue weighted by Gasteiger charge is 2.34. The van der Waals surface area contributed by atoms with Gasteiger partial charge < -0.3 is 10.6 Å². The second-order valence-electron chi connectivity index (χ2n) is 4.18. The third-order valence-corrected chi connectivity index (χ3v) is 3.32. The topological polar surface area (TPSA) is 54.0 Å². The van der Waals surface area contributed by atoms with E-state index in [9.17, 15) is 4.79 Å². The second-order valence-corrected chi connectivity index (χ2v) is 4.18. The lowest BCUT2D eigenvalue weighted by Crippen LogP contribution is -2.29. The van der Waals surface area contributed by atoms with E-state index in [4.69, 9.17) is 0 Å². The van der Waals surface area contributed by atoms with Crippen molar-refractivity contribution in [2.75, 3.05) is 19.6 Å². The van der Waals surface area contributed by atoms with E-state index in [1.807, 2.05) is 12.1 Å². The molecule has 0 radical (unpaired) electrons. The van der Waals surface area contributed by atoms with Crippen LogP contribution in [0.4, 0.5) is 0 Å². The van der Waals surface area contributed by atoms with Crippen molar-refractivity contribution < 1.29 is 4.79 Å². The summed E-state index contributed by atoms with van der Waals surface area (Å²) in [6.07, 6.45) is 1.68. The maximum Gasteiger partial charge on any atom is 0.270 e. The third kappa shape index (κ3) is 1.33. The van der Waals surface area contributed by atoms with E-state index in [0.717, 1.165) is 25.2 Å². The zero-order valence-corrected chi connectivity index (χ0v) is 8.36. The molecule has 2 aliphatic rings. The maximum atomic E-state index is 11.7. The average Bonchev–Trinajstić information content (AvgIpc) is 2.69. The molecule has 0 aromatic carbocycles. The minimum atomic E-state index is -0.0278. The first-order chi connectivity index (χ1) is 7.36. The van der Waals surface area contributed by atoms with Gasteiger partial charge in [0, 0.05) is 31.7 Å². The Morgan fingerprint density at radius 2 is 2.27 bits per heavy atom. The molecule has 78 valence electrons. The fraction of sp³-hybridized carbons (Fsp3) is 0.455. The van der Waals surface area contributed by atoms with Gasteiger partial charge in [0.05, 0.1) is 0 Å². The Kier molecular flexibility index (Phi) is 1.95. The predicted octanol–water partition coefficient (Wildman–Crippen LogP) is 0.128. The lowest BCUT2D eigenvalue weighted by atomic mass is 9.89. The minimum Gasteiger partial charge on any atom is -0.350 e. The molecule has 3 rings (SSSR count). The van der Waals surface area contributed by atoms with Gasteiger partial charge in [0.25, 0.3) is 5.91 Å². The van der Waals surface area contributed by atoms with Crippen molar-refractivity contribution >= 4 is 5.91 Å². The molecule has 4 nitrogen and oxygen atoms in total. The maximum absolute atomic E-state index is 11.7. The summed E-state index contributed by atoms with van der Waals surface area (Å²) in [6, 6.07) is 3.94. The fourth-order valence-corrected chi connectivity index (χ4v) is 2.53. The van der Waals surface area contributed by atoms with Gasteiger partial charge in [0.1, 0.15) is 5.69 Å². The van der Waals surface area contributed by atoms with Crippen molar-refractivity contribution in [2.24, 2.45) is 5.92 Å². The molecule has 2 unspecified atom stereocenters. The van der Waals surface area contributed by atoms with Crippen molar-refractivity contribution in [3.8, 4) is 0 Å². The Bertz CT molecular complexity index is 405. The summed E-state index contributed by atoms with van der Waals surface area (Å²) < 4.78 is 0. The SMILES string of the molecule is O=C1NCC2CNCC2c2cccnc21. The molecular formula is C11H13N3O. The first-order valence-corrected chi connectivity index (χ1v) is 5.30. The van der Waals surface area contributed by atoms with Crippen molar-refractivity contribution in [1.82, 2.24) is 15.6 Å². The van der Waals surface area contributed by atoms with Crippen LogP contribution in [-0.2, 0) is 0 Å². The third-order valence-electron chi connectivity index (χ3n) is 3.32. The van der Waals surface area contributed by atoms with Gasteiger partial charge >= 0.3 is 0 Å². The largest absolute Gasteiger partial charge is 0.350 e. The Balaban J connectivity index is 2.11. The molecule has 0 saturated carbocycles. The molecule has 0 spiro atoms. The molecule has 1 amide bonds. The van der Waals surface area contributed by atoms with E-state index in [2.05, 4.69) is 15.6 Å². The van der Waals surface area contributed by atoms with Crippen LogP contribution in [0.2, 0.25) is 0 Å². The smallest absolute Gasteiger partial charge is 0.270 e. The Morgan fingerprint density at radius 3 is 3.20 bits per heavy atom. The Hall–Kier alpha value is -1.42. The number of aromatic nitrogens is 1. The summed E-state index contributed by atoms with van der Waals surface area (Å²) in [5, 5.41) is 6.30. The summed E-state index contributed by atoms with van der Waals surface area (Å²) in [4.78, 5) is 15.9. The van der Waals surface area contributed by atoms with Gasteiger partial charge in [-0.1, -0.05) is 6.07 Å². The summed E-state index contributed by atoms with van der Waals surface area (Å²) in [7, 11) is 0. The van der Waals surface area contributed by atoms with Crippen molar-refractivity contribution in [3.63, 3.8) is 0 Å². The van der Waals surface area contributed by atoms with Gasteiger partial charge in [0.15, 0.2) is 0 Å². The Labute approximate surface area is 88.1 Å². The van der Waals surface area contributed by atoms with Crippen LogP contribution >= 0.6 is 0 Å². The minimum absolute atomic E-state index is 0.0278. The van der Waals surface area contributed by atoms with Crippen LogP contribution < -0.4 is 10.6 Å². The van der Waals surface area contributed by atoms with Gasteiger partial charge in [-0.05, 0) is 17.5 Å². The van der Waals surface area contributed by atoms with Crippen LogP contribution in [0.3, 0.4) is 0 Å². The zero-order chi connectivity index (χ0) is 10.3. The van der Waals surface area contributed by atoms with Gasteiger partial charge in [0.2, 0.25) is 0 Å². The quantitative estimate of drug-likeness (QED) is 0.630. The molecule has 2 aliphatic heterocycles. The van der Waals surface area contributed by atoms with Crippen LogP contribution in [0.15, 0.2) is 18.3 Å². The van der Waals surface area contributed by atoms with Crippen LogP contribution in [0.5, 0.6) is 0 Å². The molecule has 1 aromatic heterocycles. The first kappa shape index (κ1) is 8.85. The fourth-order valence-electron chi connectivity index (χ4n) is 2.53. The Morgan fingerprint density at radius 1 is 1.33 bits per heavy atom. The van der Waals surface area contributed by atoms with E-state index in [-0.39, 0.29) is 5.91 Å². The number of carbonyl (C=O) groups excluding carboxylic acids is 1. The van der Waals surface area contributed by atoms with Crippen LogP contribution in [-0.4, -0.2) is 30.5 Å². The molecule has 3 heterocycles. The van der Waals surface area contributed by atoms with Crippen LogP contribution in [0.25, 0.3) is 0 Å². The van der Waals surface area contributed by atoms with Gasteiger partial charge in [-0.25, -0.2) is 0 Å². The molecule has 0 bridgehead atoms. The number of nitrogens with zero attached hydrogens (tertiary/aromatic N) is 1. The number of amides is 1. The molecule has 0 aliphatic carbocycles. The number of rotatable bonds is 0. The van der Waals surface area contributed by atoms with E-state index in [1.54, 1.807) is 6.20 Å². The van der Waals surface area contributed by atoms with Gasteiger partial charge in [-0.2, -0.15) is 0 Å². The molecule has 4 heteroatoms. The standard InChI is InChI=1S/C11H13N3O/c15-11-10-8(2-1-3-13-10)9-6-12-4-7(9)5-14-11/h1-3,7,9,12H,4-6H2,(H,14,15). The molecule has 2 N–H and O–H groups in total. The molecule has 15 heavy (non-hydrogen) atoms. The normalized spacial score (nSPS) is 28.9. The van der Waals surface area contributed by atoms with Crippen molar-refractivity contribution in [3.05, 3.63) is 29.6 Å². The molecule has 1 saturated heterocycles. The van der Waals surface area contributed by atoms with E-state index in [1.165, 1.54) is 0 Å². The molecule has 1 fully saturated rings. The predicted molar refractivity (Wildman–Crippen MR) is 55.7 cm³/mol. The molecular weight excluding hydrogens is 190 g/mol.